The maximum absolute atomic E-state index is 11.7. The van der Waals surface area contributed by atoms with Gasteiger partial charge in [0.1, 0.15) is 6.04 Å². The Labute approximate surface area is 97.3 Å². The minimum atomic E-state index is -0.254. The Morgan fingerprint density at radius 1 is 1.62 bits per heavy atom. The third-order valence-electron chi connectivity index (χ3n) is 2.91. The zero-order chi connectivity index (χ0) is 12.0. The molecule has 16 heavy (non-hydrogen) atoms. The molecule has 1 atom stereocenters. The van der Waals surface area contributed by atoms with Crippen molar-refractivity contribution in [2.75, 3.05) is 26.8 Å². The molecule has 1 unspecified atom stereocenters. The molecule has 0 radical (unpaired) electrons. The summed E-state index contributed by atoms with van der Waals surface area (Å²) in [6.07, 6.45) is 3.60. The van der Waals surface area contributed by atoms with Crippen molar-refractivity contribution in [1.29, 1.82) is 0 Å². The summed E-state index contributed by atoms with van der Waals surface area (Å²) in [5.74, 6) is 5.81. The van der Waals surface area contributed by atoms with E-state index in [0.29, 0.717) is 6.61 Å². The van der Waals surface area contributed by atoms with E-state index in [9.17, 15) is 4.79 Å². The zero-order valence-corrected chi connectivity index (χ0v) is 10.2. The van der Waals surface area contributed by atoms with Crippen LogP contribution in [0, 0.1) is 5.92 Å². The summed E-state index contributed by atoms with van der Waals surface area (Å²) in [6.45, 7) is 4.41. The maximum atomic E-state index is 11.7. The number of nitrogens with two attached hydrogens (primary N) is 1. The number of rotatable bonds is 8. The van der Waals surface area contributed by atoms with Gasteiger partial charge in [0, 0.05) is 13.7 Å². The molecule has 0 bridgehead atoms. The van der Waals surface area contributed by atoms with Crippen molar-refractivity contribution < 1.29 is 9.53 Å². The van der Waals surface area contributed by atoms with Gasteiger partial charge in [-0.25, -0.2) is 5.84 Å². The number of hydrazine groups is 1. The van der Waals surface area contributed by atoms with Crippen molar-refractivity contribution in [3.8, 4) is 0 Å². The van der Waals surface area contributed by atoms with Gasteiger partial charge in [-0.2, -0.15) is 0 Å². The number of methoxy groups -OCH3 is 1. The summed E-state index contributed by atoms with van der Waals surface area (Å²) in [4.78, 5) is 13.8. The predicted molar refractivity (Wildman–Crippen MR) is 62.6 cm³/mol. The molecule has 1 aliphatic rings. The van der Waals surface area contributed by atoms with Crippen molar-refractivity contribution in [3.63, 3.8) is 0 Å². The fourth-order valence-corrected chi connectivity index (χ4v) is 1.89. The molecular weight excluding hydrogens is 206 g/mol. The van der Waals surface area contributed by atoms with Gasteiger partial charge in [-0.05, 0) is 31.7 Å². The van der Waals surface area contributed by atoms with Gasteiger partial charge in [0.15, 0.2) is 0 Å². The molecule has 5 nitrogen and oxygen atoms in total. The van der Waals surface area contributed by atoms with E-state index in [4.69, 9.17) is 10.6 Å². The number of nitrogens with zero attached hydrogens (tertiary/aromatic N) is 1. The summed E-state index contributed by atoms with van der Waals surface area (Å²) in [7, 11) is 1.61. The van der Waals surface area contributed by atoms with Gasteiger partial charge in [0.2, 0.25) is 0 Å². The van der Waals surface area contributed by atoms with Gasteiger partial charge in [-0.15, -0.1) is 0 Å². The number of carbonyl (C=O) groups is 1. The van der Waals surface area contributed by atoms with Gasteiger partial charge in [0.25, 0.3) is 5.91 Å². The van der Waals surface area contributed by atoms with Crippen molar-refractivity contribution >= 4 is 5.91 Å². The molecular formula is C11H23N3O2. The number of carbonyl (C=O) groups excluding carboxylic acids is 1. The molecule has 1 aliphatic carbocycles. The Hall–Kier alpha value is -0.650. The van der Waals surface area contributed by atoms with Crippen LogP contribution in [0.4, 0.5) is 0 Å². The molecule has 0 saturated heterocycles. The summed E-state index contributed by atoms with van der Waals surface area (Å²) in [6, 6.07) is -0.254. The standard InChI is InChI=1S/C11H23N3O2/c1-3-6-14(7-9-4-5-9)10(8-16-2)11(15)13-12/h9-10H,3-8,12H2,1-2H3,(H,13,15). The summed E-state index contributed by atoms with van der Waals surface area (Å²) in [5.41, 5.74) is 2.22. The minimum Gasteiger partial charge on any atom is -0.383 e. The first-order valence-electron chi connectivity index (χ1n) is 5.96. The normalized spacial score (nSPS) is 17.5. The quantitative estimate of drug-likeness (QED) is 0.352. The van der Waals surface area contributed by atoms with Gasteiger partial charge in [-0.1, -0.05) is 6.92 Å². The average Bonchev–Trinajstić information content (AvgIpc) is 3.08. The van der Waals surface area contributed by atoms with Crippen molar-refractivity contribution in [1.82, 2.24) is 10.3 Å². The first kappa shape index (κ1) is 13.4. The van der Waals surface area contributed by atoms with Crippen LogP contribution in [-0.4, -0.2) is 43.7 Å². The lowest BCUT2D eigenvalue weighted by Crippen LogP contribution is -2.52. The van der Waals surface area contributed by atoms with E-state index < -0.39 is 0 Å². The molecule has 1 fully saturated rings. The van der Waals surface area contributed by atoms with Crippen molar-refractivity contribution in [3.05, 3.63) is 0 Å². The fourth-order valence-electron chi connectivity index (χ4n) is 1.89. The van der Waals surface area contributed by atoms with E-state index in [1.165, 1.54) is 12.8 Å². The Balaban J connectivity index is 2.56. The molecule has 0 aliphatic heterocycles. The second-order valence-corrected chi connectivity index (χ2v) is 4.42. The molecule has 0 aromatic carbocycles. The number of hydrogen-bond acceptors (Lipinski definition) is 4. The first-order chi connectivity index (χ1) is 7.72. The number of ether oxygens (including phenoxy) is 1. The second kappa shape index (κ2) is 6.83. The number of hydrogen-bond donors (Lipinski definition) is 2. The van der Waals surface area contributed by atoms with E-state index in [1.807, 2.05) is 0 Å². The molecule has 94 valence electrons. The van der Waals surface area contributed by atoms with E-state index in [-0.39, 0.29) is 11.9 Å². The van der Waals surface area contributed by atoms with E-state index in [1.54, 1.807) is 7.11 Å². The first-order valence-corrected chi connectivity index (χ1v) is 5.96. The number of amides is 1. The van der Waals surface area contributed by atoms with Gasteiger partial charge < -0.3 is 4.74 Å². The molecule has 1 amide bonds. The van der Waals surface area contributed by atoms with Crippen molar-refractivity contribution in [2.24, 2.45) is 11.8 Å². The average molecular weight is 229 g/mol. The zero-order valence-electron chi connectivity index (χ0n) is 10.2. The van der Waals surface area contributed by atoms with E-state index in [0.717, 1.165) is 25.4 Å². The molecule has 5 heteroatoms. The molecule has 1 saturated carbocycles. The number of nitrogens with one attached hydrogen (secondary N) is 1. The van der Waals surface area contributed by atoms with E-state index in [2.05, 4.69) is 17.2 Å². The predicted octanol–water partition coefficient (Wildman–Crippen LogP) is 0.113. The topological polar surface area (TPSA) is 67.6 Å². The smallest absolute Gasteiger partial charge is 0.253 e. The lowest BCUT2D eigenvalue weighted by molar-refractivity contribution is -0.128. The van der Waals surface area contributed by atoms with Crippen LogP contribution in [0.25, 0.3) is 0 Å². The Morgan fingerprint density at radius 3 is 2.75 bits per heavy atom. The lowest BCUT2D eigenvalue weighted by atomic mass is 10.2. The summed E-state index contributed by atoms with van der Waals surface area (Å²) >= 11 is 0. The van der Waals surface area contributed by atoms with Crippen LogP contribution in [0.3, 0.4) is 0 Å². The monoisotopic (exact) mass is 229 g/mol. The van der Waals surface area contributed by atoms with Gasteiger partial charge in [0.05, 0.1) is 6.61 Å². The largest absolute Gasteiger partial charge is 0.383 e. The summed E-state index contributed by atoms with van der Waals surface area (Å²) < 4.78 is 5.10. The van der Waals surface area contributed by atoms with Gasteiger partial charge >= 0.3 is 0 Å². The SMILES string of the molecule is CCCN(CC1CC1)C(COC)C(=O)NN. The van der Waals surface area contributed by atoms with Gasteiger partial charge in [-0.3, -0.25) is 15.1 Å². The van der Waals surface area contributed by atoms with Crippen LogP contribution in [-0.2, 0) is 9.53 Å². The third kappa shape index (κ3) is 4.08. The Kier molecular flexibility index (Phi) is 5.73. The minimum absolute atomic E-state index is 0.157. The molecule has 0 aromatic heterocycles. The van der Waals surface area contributed by atoms with Crippen LogP contribution >= 0.6 is 0 Å². The van der Waals surface area contributed by atoms with Crippen molar-refractivity contribution in [2.45, 2.75) is 32.2 Å². The van der Waals surface area contributed by atoms with Crippen LogP contribution in [0.1, 0.15) is 26.2 Å². The molecule has 0 spiro atoms. The van der Waals surface area contributed by atoms with Crippen LogP contribution < -0.4 is 11.3 Å². The second-order valence-electron chi connectivity index (χ2n) is 4.42. The maximum Gasteiger partial charge on any atom is 0.253 e. The van der Waals surface area contributed by atoms with Crippen LogP contribution in [0.15, 0.2) is 0 Å². The fraction of sp³-hybridized carbons (Fsp3) is 0.909. The highest BCUT2D eigenvalue weighted by atomic mass is 16.5. The third-order valence-corrected chi connectivity index (χ3v) is 2.91. The highest BCUT2D eigenvalue weighted by Gasteiger charge is 2.30. The highest BCUT2D eigenvalue weighted by molar-refractivity contribution is 5.81. The lowest BCUT2D eigenvalue weighted by Gasteiger charge is -2.29. The van der Waals surface area contributed by atoms with Crippen LogP contribution in [0.2, 0.25) is 0 Å². The summed E-state index contributed by atoms with van der Waals surface area (Å²) in [5, 5.41) is 0. The molecule has 3 N–H and O–H groups in total. The molecule has 1 rings (SSSR count). The Bertz CT molecular complexity index is 219. The Morgan fingerprint density at radius 2 is 2.31 bits per heavy atom. The van der Waals surface area contributed by atoms with E-state index >= 15 is 0 Å². The van der Waals surface area contributed by atoms with Crippen LogP contribution in [0.5, 0.6) is 0 Å². The highest BCUT2D eigenvalue weighted by Crippen LogP contribution is 2.30. The molecule has 0 heterocycles. The molecule has 0 aromatic rings.